The summed E-state index contributed by atoms with van der Waals surface area (Å²) in [5, 5.41) is 17.2. The zero-order valence-electron chi connectivity index (χ0n) is 42.0. The van der Waals surface area contributed by atoms with Crippen LogP contribution in [0, 0.1) is 13.8 Å². The molecule has 0 aliphatic carbocycles. The summed E-state index contributed by atoms with van der Waals surface area (Å²) in [5.41, 5.74) is 11.6. The molecule has 3 heterocycles. The third-order valence-electron chi connectivity index (χ3n) is 15.9. The molecule has 0 amide bonds. The molecular formula is C68H53BN2O2. The number of pyridine rings is 2. The third-order valence-corrected chi connectivity index (χ3v) is 15.9. The molecule has 0 atom stereocenters. The number of rotatable bonds is 4. The van der Waals surface area contributed by atoms with E-state index >= 15 is 0 Å². The molecule has 350 valence electrons. The van der Waals surface area contributed by atoms with E-state index in [1.807, 2.05) is 0 Å². The van der Waals surface area contributed by atoms with Crippen LogP contribution >= 0.6 is 0 Å². The van der Waals surface area contributed by atoms with Gasteiger partial charge in [-0.25, -0.2) is 9.97 Å². The maximum Gasteiger partial charge on any atom is 0.495 e. The molecule has 13 aromatic rings. The van der Waals surface area contributed by atoms with E-state index in [-0.39, 0.29) is 18.3 Å². The largest absolute Gasteiger partial charge is 0.495 e. The highest BCUT2D eigenvalue weighted by atomic mass is 16.7. The fourth-order valence-electron chi connectivity index (χ4n) is 11.6. The molecule has 0 unspecified atom stereocenters. The molecule has 0 saturated carbocycles. The molecule has 0 bridgehead atoms. The Bertz CT molecular complexity index is 4340. The molecule has 2 aromatic heterocycles. The van der Waals surface area contributed by atoms with Crippen LogP contribution in [0.2, 0.25) is 0 Å². The van der Waals surface area contributed by atoms with Gasteiger partial charge in [0.1, 0.15) is 0 Å². The van der Waals surface area contributed by atoms with Crippen molar-refractivity contribution in [2.24, 2.45) is 0 Å². The SMILES string of the molecule is CC1(C)OB(c2cc3ccccc3c3ccccc23)OC1(C)C.Cc1c2c(-c3ccccc3)nc3cc(-c4cc5ccccc5c5ccccc45)ccc3c2c(C)c2c(-c3ccccc3)nc3ccccc3c12. The Kier molecular flexibility index (Phi) is 10.6. The summed E-state index contributed by atoms with van der Waals surface area (Å²) in [6.07, 6.45) is 0. The van der Waals surface area contributed by atoms with E-state index < -0.39 is 0 Å². The van der Waals surface area contributed by atoms with Crippen molar-refractivity contribution < 1.29 is 9.31 Å². The zero-order valence-corrected chi connectivity index (χ0v) is 42.0. The lowest BCUT2D eigenvalue weighted by atomic mass is 9.75. The molecule has 73 heavy (non-hydrogen) atoms. The number of hydrogen-bond acceptors (Lipinski definition) is 4. The minimum absolute atomic E-state index is 0.329. The van der Waals surface area contributed by atoms with Crippen LogP contribution in [0.3, 0.4) is 0 Å². The molecular weight excluding hydrogens is 888 g/mol. The average Bonchev–Trinajstić information content (AvgIpc) is 3.66. The second-order valence-corrected chi connectivity index (χ2v) is 20.7. The lowest BCUT2D eigenvalue weighted by Gasteiger charge is -2.32. The van der Waals surface area contributed by atoms with Crippen LogP contribution in [-0.2, 0) is 9.31 Å². The maximum atomic E-state index is 6.28. The van der Waals surface area contributed by atoms with Gasteiger partial charge in [-0.3, -0.25) is 0 Å². The Morgan fingerprint density at radius 3 is 1.34 bits per heavy atom. The normalized spacial score (nSPS) is 14.2. The molecule has 1 fully saturated rings. The number of aryl methyl sites for hydroxylation is 2. The molecule has 5 heteroatoms. The van der Waals surface area contributed by atoms with Gasteiger partial charge in [0, 0.05) is 32.7 Å². The second kappa shape index (κ2) is 17.2. The van der Waals surface area contributed by atoms with Gasteiger partial charge >= 0.3 is 7.12 Å². The van der Waals surface area contributed by atoms with Gasteiger partial charge in [0.15, 0.2) is 0 Å². The number of aromatic nitrogens is 2. The summed E-state index contributed by atoms with van der Waals surface area (Å²) in [7, 11) is -0.338. The Labute approximate surface area is 426 Å². The van der Waals surface area contributed by atoms with Crippen molar-refractivity contribution in [1.82, 2.24) is 9.97 Å². The number of hydrogen-bond donors (Lipinski definition) is 0. The van der Waals surface area contributed by atoms with Crippen molar-refractivity contribution in [1.29, 1.82) is 0 Å². The fourth-order valence-corrected chi connectivity index (χ4v) is 11.6. The third kappa shape index (κ3) is 7.29. The Hall–Kier alpha value is -8.22. The first kappa shape index (κ1) is 44.7. The number of para-hydroxylation sites is 1. The van der Waals surface area contributed by atoms with Crippen LogP contribution in [0.15, 0.2) is 212 Å². The minimum atomic E-state index is -0.338. The van der Waals surface area contributed by atoms with Gasteiger partial charge in [-0.1, -0.05) is 194 Å². The zero-order chi connectivity index (χ0) is 49.6. The van der Waals surface area contributed by atoms with E-state index in [0.29, 0.717) is 0 Å². The van der Waals surface area contributed by atoms with Crippen LogP contribution in [0.4, 0.5) is 0 Å². The Morgan fingerprint density at radius 2 is 0.767 bits per heavy atom. The lowest BCUT2D eigenvalue weighted by Crippen LogP contribution is -2.41. The number of nitrogens with zero attached hydrogens (tertiary/aromatic N) is 2. The van der Waals surface area contributed by atoms with Crippen molar-refractivity contribution in [3.05, 3.63) is 223 Å². The topological polar surface area (TPSA) is 44.2 Å². The molecule has 0 N–H and O–H groups in total. The summed E-state index contributed by atoms with van der Waals surface area (Å²) in [4.78, 5) is 10.9. The summed E-state index contributed by atoms with van der Waals surface area (Å²) < 4.78 is 12.6. The van der Waals surface area contributed by atoms with Gasteiger partial charge < -0.3 is 9.31 Å². The first-order valence-electron chi connectivity index (χ1n) is 25.4. The van der Waals surface area contributed by atoms with E-state index in [2.05, 4.69) is 254 Å². The van der Waals surface area contributed by atoms with E-state index in [1.165, 1.54) is 86.7 Å². The Morgan fingerprint density at radius 1 is 0.342 bits per heavy atom. The van der Waals surface area contributed by atoms with Gasteiger partial charge in [0.2, 0.25) is 0 Å². The lowest BCUT2D eigenvalue weighted by molar-refractivity contribution is 0.00578. The molecule has 11 aromatic carbocycles. The van der Waals surface area contributed by atoms with Crippen molar-refractivity contribution in [3.8, 4) is 33.6 Å². The maximum absolute atomic E-state index is 6.28. The summed E-state index contributed by atoms with van der Waals surface area (Å²) in [6, 6.07) is 75.7. The van der Waals surface area contributed by atoms with Gasteiger partial charge in [-0.2, -0.15) is 0 Å². The monoisotopic (exact) mass is 940 g/mol. The van der Waals surface area contributed by atoms with Crippen LogP contribution in [0.5, 0.6) is 0 Å². The van der Waals surface area contributed by atoms with Crippen LogP contribution in [0.1, 0.15) is 38.8 Å². The number of fused-ring (bicyclic) bond motifs is 12. The van der Waals surface area contributed by atoms with Gasteiger partial charge in [0.25, 0.3) is 0 Å². The van der Waals surface area contributed by atoms with E-state index in [9.17, 15) is 0 Å². The highest BCUT2D eigenvalue weighted by Crippen LogP contribution is 2.46. The van der Waals surface area contributed by atoms with Crippen molar-refractivity contribution >= 4 is 99.0 Å². The number of benzene rings is 11. The van der Waals surface area contributed by atoms with E-state index in [1.54, 1.807) is 0 Å². The van der Waals surface area contributed by atoms with Crippen LogP contribution in [-0.4, -0.2) is 28.3 Å². The summed E-state index contributed by atoms with van der Waals surface area (Å²) in [6.45, 7) is 12.9. The molecule has 0 radical (unpaired) electrons. The standard InChI is InChI=1S/C48H32N2.C20H21BO2/c1-29-43-38-23-13-14-24-41(38)49-47(31-15-5-3-6-16-31)45(43)30(2)44-39-26-25-34(28-42(39)50-48(46(29)44)32-17-7-4-8-18-32)40-27-33-19-9-10-20-35(33)36-21-11-12-22-37(36)40;1-19(2)20(3,4)23-21(22-19)18-13-14-9-5-6-10-15(14)16-11-7-8-12-17(16)18/h3-28H,1-2H3;5-13H,1-4H3. The van der Waals surface area contributed by atoms with Gasteiger partial charge in [0.05, 0.1) is 33.6 Å². The molecule has 14 rings (SSSR count). The molecule has 1 aliphatic rings. The highest BCUT2D eigenvalue weighted by molar-refractivity contribution is 6.65. The first-order chi connectivity index (χ1) is 35.5. The first-order valence-corrected chi connectivity index (χ1v) is 25.4. The summed E-state index contributed by atoms with van der Waals surface area (Å²) in [5.74, 6) is 0. The predicted molar refractivity (Wildman–Crippen MR) is 310 cm³/mol. The fraction of sp³-hybridized carbons (Fsp3) is 0.118. The second-order valence-electron chi connectivity index (χ2n) is 20.7. The highest BCUT2D eigenvalue weighted by Gasteiger charge is 2.52. The Balaban J connectivity index is 0.000000187. The van der Waals surface area contributed by atoms with Crippen molar-refractivity contribution in [3.63, 3.8) is 0 Å². The van der Waals surface area contributed by atoms with Crippen molar-refractivity contribution in [2.75, 3.05) is 0 Å². The smallest absolute Gasteiger partial charge is 0.399 e. The van der Waals surface area contributed by atoms with Crippen molar-refractivity contribution in [2.45, 2.75) is 52.7 Å². The van der Waals surface area contributed by atoms with Gasteiger partial charge in [-0.15, -0.1) is 0 Å². The molecule has 0 spiro atoms. The minimum Gasteiger partial charge on any atom is -0.399 e. The molecule has 1 saturated heterocycles. The van der Waals surface area contributed by atoms with Crippen LogP contribution in [0.25, 0.3) is 120 Å². The summed E-state index contributed by atoms with van der Waals surface area (Å²) >= 11 is 0. The average molecular weight is 941 g/mol. The van der Waals surface area contributed by atoms with E-state index in [4.69, 9.17) is 19.3 Å². The van der Waals surface area contributed by atoms with Crippen LogP contribution < -0.4 is 5.46 Å². The molecule has 4 nitrogen and oxygen atoms in total. The van der Waals surface area contributed by atoms with Gasteiger partial charge in [-0.05, 0) is 141 Å². The quantitative estimate of drug-likeness (QED) is 0.100. The molecule has 1 aliphatic heterocycles. The predicted octanol–water partition coefficient (Wildman–Crippen LogP) is 17.3. The van der Waals surface area contributed by atoms with E-state index in [0.717, 1.165) is 50.0 Å².